The Bertz CT molecular complexity index is 138. The van der Waals surface area contributed by atoms with Gasteiger partial charge in [-0.1, -0.05) is 5.92 Å². The summed E-state index contributed by atoms with van der Waals surface area (Å²) in [6, 6.07) is 0. The summed E-state index contributed by atoms with van der Waals surface area (Å²) in [6.07, 6.45) is 3.87. The van der Waals surface area contributed by atoms with Gasteiger partial charge in [-0.2, -0.15) is 0 Å². The number of aliphatic carboxylic acids is 1. The van der Waals surface area contributed by atoms with Gasteiger partial charge in [-0.25, -0.2) is 0 Å². The average Bonchev–Trinajstić information content (AvgIpc) is 1.82. The molecule has 0 spiro atoms. The fourth-order valence-corrected chi connectivity index (χ4v) is 0.241. The molecule has 0 bridgehead atoms. The van der Waals surface area contributed by atoms with Gasteiger partial charge in [-0.05, 0) is 6.92 Å². The maximum Gasteiger partial charge on any atom is 1.00 e. The van der Waals surface area contributed by atoms with E-state index in [1.165, 1.54) is 6.92 Å². The molecule has 0 fully saturated rings. The zero-order valence-electron chi connectivity index (χ0n) is 6.09. The zero-order chi connectivity index (χ0) is 7.28. The van der Waals surface area contributed by atoms with Crippen LogP contribution in [-0.4, -0.2) is 18.7 Å². The molecule has 1 unspecified atom stereocenters. The maximum absolute atomic E-state index is 9.90. The molecule has 0 rings (SSSR count). The van der Waals surface area contributed by atoms with Crippen molar-refractivity contribution in [3.05, 3.63) is 0 Å². The SMILES string of the molecule is C#CCOC(C)C(=O)[O-].[Na+]. The van der Waals surface area contributed by atoms with Crippen molar-refractivity contribution < 1.29 is 44.2 Å². The molecule has 0 aliphatic heterocycles. The van der Waals surface area contributed by atoms with E-state index in [0.29, 0.717) is 0 Å². The van der Waals surface area contributed by atoms with Gasteiger partial charge >= 0.3 is 29.6 Å². The summed E-state index contributed by atoms with van der Waals surface area (Å²) in [5, 5.41) is 9.90. The second-order valence-electron chi connectivity index (χ2n) is 1.48. The molecule has 0 saturated carbocycles. The number of rotatable bonds is 3. The van der Waals surface area contributed by atoms with Crippen LogP contribution < -0.4 is 34.7 Å². The second-order valence-corrected chi connectivity index (χ2v) is 1.48. The van der Waals surface area contributed by atoms with Crippen LogP contribution >= 0.6 is 0 Å². The molecule has 1 atom stereocenters. The Kier molecular flexibility index (Phi) is 8.98. The van der Waals surface area contributed by atoms with Crippen LogP contribution in [-0.2, 0) is 9.53 Å². The number of carboxylic acid groups (broad SMARTS) is 1. The van der Waals surface area contributed by atoms with Crippen molar-refractivity contribution in [1.82, 2.24) is 0 Å². The standard InChI is InChI=1S/C6H8O3.Na/c1-3-4-9-5(2)6(7)8;/h1,5H,4H2,2H3,(H,7,8);/q;+1/p-1. The van der Waals surface area contributed by atoms with Gasteiger partial charge in [-0.3, -0.25) is 0 Å². The van der Waals surface area contributed by atoms with E-state index in [-0.39, 0.29) is 36.2 Å². The van der Waals surface area contributed by atoms with Crippen molar-refractivity contribution in [2.45, 2.75) is 13.0 Å². The van der Waals surface area contributed by atoms with Crippen molar-refractivity contribution in [3.63, 3.8) is 0 Å². The molecule has 4 heteroatoms. The molecular weight excluding hydrogens is 143 g/mol. The first-order chi connectivity index (χ1) is 4.18. The number of hydrogen-bond donors (Lipinski definition) is 0. The quantitative estimate of drug-likeness (QED) is 0.302. The van der Waals surface area contributed by atoms with E-state index in [2.05, 4.69) is 10.7 Å². The molecule has 50 valence electrons. The molecule has 0 aromatic carbocycles. The summed E-state index contributed by atoms with van der Waals surface area (Å²) in [6.45, 7) is 1.38. The third-order valence-electron chi connectivity index (χ3n) is 0.749. The molecular formula is C6H7NaO3. The fourth-order valence-electron chi connectivity index (χ4n) is 0.241. The van der Waals surface area contributed by atoms with Crippen LogP contribution in [0.4, 0.5) is 0 Å². The number of carbonyl (C=O) groups is 1. The maximum atomic E-state index is 9.90. The molecule has 10 heavy (non-hydrogen) atoms. The average molecular weight is 150 g/mol. The smallest absolute Gasteiger partial charge is 0.547 e. The molecule has 3 nitrogen and oxygen atoms in total. The first kappa shape index (κ1) is 12.6. The summed E-state index contributed by atoms with van der Waals surface area (Å²) in [5.74, 6) is 0.895. The Balaban J connectivity index is 0. The molecule has 0 aliphatic rings. The van der Waals surface area contributed by atoms with Gasteiger partial charge in [0.15, 0.2) is 0 Å². The summed E-state index contributed by atoms with van der Waals surface area (Å²) in [4.78, 5) is 9.90. The summed E-state index contributed by atoms with van der Waals surface area (Å²) >= 11 is 0. The number of terminal acetylenes is 1. The monoisotopic (exact) mass is 150 g/mol. The van der Waals surface area contributed by atoms with Gasteiger partial charge in [0, 0.05) is 0 Å². The minimum Gasteiger partial charge on any atom is -0.547 e. The van der Waals surface area contributed by atoms with E-state index < -0.39 is 12.1 Å². The molecule has 0 heterocycles. The van der Waals surface area contributed by atoms with Crippen LogP contribution in [0.5, 0.6) is 0 Å². The summed E-state index contributed by atoms with van der Waals surface area (Å²) in [7, 11) is 0. The predicted molar refractivity (Wildman–Crippen MR) is 29.3 cm³/mol. The molecule has 0 aliphatic carbocycles. The van der Waals surface area contributed by atoms with E-state index in [4.69, 9.17) is 6.42 Å². The topological polar surface area (TPSA) is 49.4 Å². The largest absolute Gasteiger partial charge is 1.00 e. The van der Waals surface area contributed by atoms with E-state index >= 15 is 0 Å². The first-order valence-electron chi connectivity index (χ1n) is 2.44. The van der Waals surface area contributed by atoms with E-state index in [9.17, 15) is 9.90 Å². The van der Waals surface area contributed by atoms with Crippen LogP contribution in [0.25, 0.3) is 0 Å². The molecule has 0 saturated heterocycles. The van der Waals surface area contributed by atoms with Crippen LogP contribution in [0.3, 0.4) is 0 Å². The predicted octanol–water partition coefficient (Wildman–Crippen LogP) is -4.22. The molecule has 0 amide bonds. The third kappa shape index (κ3) is 6.12. The van der Waals surface area contributed by atoms with Crippen LogP contribution in [0.1, 0.15) is 6.92 Å². The van der Waals surface area contributed by atoms with Crippen molar-refractivity contribution >= 4 is 5.97 Å². The van der Waals surface area contributed by atoms with E-state index in [0.717, 1.165) is 0 Å². The minimum atomic E-state index is -1.25. The first-order valence-corrected chi connectivity index (χ1v) is 2.44. The van der Waals surface area contributed by atoms with Gasteiger partial charge in [0.25, 0.3) is 0 Å². The van der Waals surface area contributed by atoms with Crippen LogP contribution in [0.2, 0.25) is 0 Å². The summed E-state index contributed by atoms with van der Waals surface area (Å²) < 4.78 is 4.55. The number of ether oxygens (including phenoxy) is 1. The Hall–Kier alpha value is -0.0100. The van der Waals surface area contributed by atoms with Gasteiger partial charge in [-0.15, -0.1) is 6.42 Å². The molecule has 0 N–H and O–H groups in total. The van der Waals surface area contributed by atoms with Gasteiger partial charge in [0.2, 0.25) is 0 Å². The Morgan fingerprint density at radius 1 is 1.90 bits per heavy atom. The van der Waals surface area contributed by atoms with E-state index in [1.807, 2.05) is 0 Å². The zero-order valence-corrected chi connectivity index (χ0v) is 8.09. The van der Waals surface area contributed by atoms with Crippen LogP contribution in [0, 0.1) is 12.3 Å². The number of hydrogen-bond acceptors (Lipinski definition) is 3. The minimum absolute atomic E-state index is 0. The Labute approximate surface area is 82.0 Å². The van der Waals surface area contributed by atoms with Gasteiger partial charge in [0.05, 0.1) is 12.1 Å². The Morgan fingerprint density at radius 2 is 2.40 bits per heavy atom. The molecule has 0 aromatic heterocycles. The summed E-state index contributed by atoms with van der Waals surface area (Å²) in [5.41, 5.74) is 0. The Morgan fingerprint density at radius 3 is 2.70 bits per heavy atom. The molecule has 0 aromatic rings. The van der Waals surface area contributed by atoms with Gasteiger partial charge in [0.1, 0.15) is 6.61 Å². The normalized spacial score (nSPS) is 10.8. The number of carboxylic acids is 1. The van der Waals surface area contributed by atoms with Crippen molar-refractivity contribution in [1.29, 1.82) is 0 Å². The van der Waals surface area contributed by atoms with E-state index in [1.54, 1.807) is 0 Å². The molecule has 0 radical (unpaired) electrons. The van der Waals surface area contributed by atoms with Crippen molar-refractivity contribution in [2.24, 2.45) is 0 Å². The van der Waals surface area contributed by atoms with Gasteiger partial charge < -0.3 is 14.6 Å². The van der Waals surface area contributed by atoms with Crippen molar-refractivity contribution in [3.8, 4) is 12.3 Å². The second kappa shape index (κ2) is 7.10. The van der Waals surface area contributed by atoms with Crippen molar-refractivity contribution in [2.75, 3.05) is 6.61 Å². The van der Waals surface area contributed by atoms with Crippen LogP contribution in [0.15, 0.2) is 0 Å². The third-order valence-corrected chi connectivity index (χ3v) is 0.749. The fraction of sp³-hybridized carbons (Fsp3) is 0.500. The number of carbonyl (C=O) groups excluding carboxylic acids is 1.